The monoisotopic (exact) mass is 510 g/mol. The van der Waals surface area contributed by atoms with Crippen LogP contribution < -0.4 is 10.2 Å². The van der Waals surface area contributed by atoms with Gasteiger partial charge in [0.15, 0.2) is 0 Å². The number of benzene rings is 2. The van der Waals surface area contributed by atoms with Gasteiger partial charge >= 0.3 is 0 Å². The van der Waals surface area contributed by atoms with E-state index in [1.165, 1.54) is 4.90 Å². The highest BCUT2D eigenvalue weighted by atomic mass is 79.9. The lowest BCUT2D eigenvalue weighted by Crippen LogP contribution is -2.40. The second-order valence-corrected chi connectivity index (χ2v) is 10.4. The van der Waals surface area contributed by atoms with Crippen molar-refractivity contribution in [3.05, 3.63) is 69.2 Å². The Labute approximate surface area is 198 Å². The van der Waals surface area contributed by atoms with Crippen molar-refractivity contribution in [1.82, 2.24) is 0 Å². The molecule has 32 heavy (non-hydrogen) atoms. The Kier molecular flexibility index (Phi) is 4.43. The molecule has 6 atom stereocenters. The van der Waals surface area contributed by atoms with Crippen LogP contribution in [0.4, 0.5) is 11.4 Å². The van der Waals surface area contributed by atoms with Crippen LogP contribution in [-0.4, -0.2) is 17.7 Å². The van der Waals surface area contributed by atoms with Gasteiger partial charge in [-0.3, -0.25) is 19.3 Å². The van der Waals surface area contributed by atoms with Crippen LogP contribution in [0.25, 0.3) is 0 Å². The summed E-state index contributed by atoms with van der Waals surface area (Å²) in [7, 11) is 0. The van der Waals surface area contributed by atoms with E-state index in [9.17, 15) is 14.4 Å². The van der Waals surface area contributed by atoms with Crippen molar-refractivity contribution in [2.75, 3.05) is 10.2 Å². The van der Waals surface area contributed by atoms with Gasteiger partial charge in [-0.2, -0.15) is 0 Å². The molecule has 0 unspecified atom stereocenters. The second-order valence-electron chi connectivity index (χ2n) is 9.20. The second kappa shape index (κ2) is 7.03. The first-order valence-electron chi connectivity index (χ1n) is 10.8. The van der Waals surface area contributed by atoms with Crippen molar-refractivity contribution >= 4 is 56.6 Å². The average Bonchev–Trinajstić information content (AvgIpc) is 3.58. The van der Waals surface area contributed by atoms with Crippen molar-refractivity contribution in [3.8, 4) is 0 Å². The molecular weight excluding hydrogens is 492 g/mol. The number of carbonyl (C=O) groups is 3. The molecule has 0 aromatic heterocycles. The summed E-state index contributed by atoms with van der Waals surface area (Å²) in [6.45, 7) is 1.84. The number of amides is 3. The molecular formula is C25H20BrClN2O3. The molecule has 7 rings (SSSR count). The fourth-order valence-electron chi connectivity index (χ4n) is 5.96. The molecule has 1 saturated heterocycles. The molecule has 2 saturated carbocycles. The number of anilines is 2. The fourth-order valence-corrected chi connectivity index (χ4v) is 6.55. The Hall–Kier alpha value is -2.44. The van der Waals surface area contributed by atoms with Gasteiger partial charge in [-0.1, -0.05) is 23.8 Å². The van der Waals surface area contributed by atoms with Gasteiger partial charge < -0.3 is 5.32 Å². The van der Waals surface area contributed by atoms with Crippen molar-refractivity contribution in [3.63, 3.8) is 0 Å². The maximum atomic E-state index is 13.2. The summed E-state index contributed by atoms with van der Waals surface area (Å²) in [6.07, 6.45) is 5.47. The van der Waals surface area contributed by atoms with E-state index in [0.717, 1.165) is 16.5 Å². The van der Waals surface area contributed by atoms with Crippen molar-refractivity contribution < 1.29 is 14.4 Å². The van der Waals surface area contributed by atoms with Crippen molar-refractivity contribution in [2.45, 2.75) is 13.3 Å². The molecule has 162 valence electrons. The highest BCUT2D eigenvalue weighted by Crippen LogP contribution is 2.65. The molecule has 2 aromatic rings. The minimum atomic E-state index is -0.284. The standard InChI is InChI=1S/C25H20BrClN2O3/c1-11-19(9-8-18(26)22(11)27)28-23(30)12-2-4-13(5-3-12)29-24(31)20-14-6-7-15(17-10-16(14)17)21(20)25(29)32/h2-9,14-17,20-21H,10H2,1H3,(H,28,30)/t14-,15-,16-,17+,20-,21+/m0/s1. The zero-order valence-corrected chi connectivity index (χ0v) is 19.6. The van der Waals surface area contributed by atoms with Crippen LogP contribution in [0, 0.1) is 42.4 Å². The molecule has 0 spiro atoms. The van der Waals surface area contributed by atoms with Gasteiger partial charge in [-0.25, -0.2) is 0 Å². The molecule has 2 aromatic carbocycles. The number of nitrogens with zero attached hydrogens (tertiary/aromatic N) is 1. The van der Waals surface area contributed by atoms with Crippen LogP contribution in [0.3, 0.4) is 0 Å². The molecule has 5 nitrogen and oxygen atoms in total. The predicted octanol–water partition coefficient (Wildman–Crippen LogP) is 5.22. The first-order valence-corrected chi connectivity index (χ1v) is 12.0. The van der Waals surface area contributed by atoms with Gasteiger partial charge in [0, 0.05) is 15.7 Å². The van der Waals surface area contributed by atoms with Crippen LogP contribution in [0.5, 0.6) is 0 Å². The van der Waals surface area contributed by atoms with Gasteiger partial charge in [0.25, 0.3) is 5.91 Å². The lowest BCUT2D eigenvalue weighted by Gasteiger charge is -2.37. The minimum absolute atomic E-state index is 0.0953. The third kappa shape index (κ3) is 2.78. The topological polar surface area (TPSA) is 66.5 Å². The molecule has 1 heterocycles. The van der Waals surface area contributed by atoms with E-state index in [4.69, 9.17) is 11.6 Å². The van der Waals surface area contributed by atoms with E-state index in [0.29, 0.717) is 33.8 Å². The molecule has 1 aliphatic heterocycles. The minimum Gasteiger partial charge on any atom is -0.322 e. The summed E-state index contributed by atoms with van der Waals surface area (Å²) in [5.41, 5.74) is 2.36. The normalized spacial score (nSPS) is 31.5. The molecule has 0 radical (unpaired) electrons. The Bertz CT molecular complexity index is 1190. The van der Waals surface area contributed by atoms with Gasteiger partial charge in [0.2, 0.25) is 11.8 Å². The van der Waals surface area contributed by atoms with E-state index in [2.05, 4.69) is 33.4 Å². The number of hydrogen-bond donors (Lipinski definition) is 1. The fraction of sp³-hybridized carbons (Fsp3) is 0.320. The van der Waals surface area contributed by atoms with E-state index in [-0.39, 0.29) is 41.4 Å². The Morgan fingerprint density at radius 1 is 1.00 bits per heavy atom. The lowest BCUT2D eigenvalue weighted by molar-refractivity contribution is -0.124. The predicted molar refractivity (Wildman–Crippen MR) is 125 cm³/mol. The maximum absolute atomic E-state index is 13.2. The smallest absolute Gasteiger partial charge is 0.255 e. The molecule has 2 bridgehead atoms. The van der Waals surface area contributed by atoms with Crippen LogP contribution in [0.15, 0.2) is 53.0 Å². The number of nitrogens with one attached hydrogen (secondary N) is 1. The zero-order valence-electron chi connectivity index (χ0n) is 17.2. The van der Waals surface area contributed by atoms with Gasteiger partial charge in [0.1, 0.15) is 0 Å². The first-order chi connectivity index (χ1) is 15.4. The van der Waals surface area contributed by atoms with Crippen LogP contribution in [0.1, 0.15) is 22.3 Å². The molecule has 3 amide bonds. The molecule has 5 aliphatic rings. The highest BCUT2D eigenvalue weighted by molar-refractivity contribution is 9.10. The van der Waals surface area contributed by atoms with E-state index >= 15 is 0 Å². The lowest BCUT2D eigenvalue weighted by atomic mass is 9.63. The van der Waals surface area contributed by atoms with Crippen molar-refractivity contribution in [1.29, 1.82) is 0 Å². The molecule has 1 N–H and O–H groups in total. The van der Waals surface area contributed by atoms with Crippen molar-refractivity contribution in [2.24, 2.45) is 35.5 Å². The average molecular weight is 512 g/mol. The summed E-state index contributed by atoms with van der Waals surface area (Å²) in [5.74, 6) is 0.611. The summed E-state index contributed by atoms with van der Waals surface area (Å²) < 4.78 is 0.764. The number of carbonyl (C=O) groups excluding carboxylic acids is 3. The number of rotatable bonds is 3. The highest BCUT2D eigenvalue weighted by Gasteiger charge is 2.67. The number of allylic oxidation sites excluding steroid dienone is 2. The Morgan fingerprint density at radius 2 is 1.59 bits per heavy atom. The van der Waals surface area contributed by atoms with Crippen LogP contribution >= 0.6 is 27.5 Å². The van der Waals surface area contributed by atoms with E-state index < -0.39 is 0 Å². The molecule has 4 aliphatic carbocycles. The number of halogens is 2. The molecule has 3 fully saturated rings. The Morgan fingerprint density at radius 3 is 2.19 bits per heavy atom. The zero-order chi connectivity index (χ0) is 22.3. The maximum Gasteiger partial charge on any atom is 0.255 e. The van der Waals surface area contributed by atoms with Gasteiger partial charge in [0.05, 0.1) is 22.5 Å². The van der Waals surface area contributed by atoms with Gasteiger partial charge in [-0.05, 0) is 94.9 Å². The van der Waals surface area contributed by atoms with E-state index in [1.807, 2.05) is 6.92 Å². The van der Waals surface area contributed by atoms with Gasteiger partial charge in [-0.15, -0.1) is 0 Å². The number of hydrogen-bond acceptors (Lipinski definition) is 3. The molecule has 7 heteroatoms. The quantitative estimate of drug-likeness (QED) is 0.454. The first kappa shape index (κ1) is 20.2. The summed E-state index contributed by atoms with van der Waals surface area (Å²) in [6, 6.07) is 10.2. The van der Waals surface area contributed by atoms with Crippen LogP contribution in [0.2, 0.25) is 5.02 Å². The summed E-state index contributed by atoms with van der Waals surface area (Å²) in [4.78, 5) is 40.6. The number of imide groups is 1. The summed E-state index contributed by atoms with van der Waals surface area (Å²) >= 11 is 9.62. The third-order valence-corrected chi connectivity index (χ3v) is 9.01. The third-order valence-electron chi connectivity index (χ3n) is 7.64. The SMILES string of the molecule is Cc1c(NC(=O)c2ccc(N3C(=O)[C@@H]4[C@H]5C=C[C@@H]([C@@H]6C[C@H]56)[C@@H]4C3=O)cc2)ccc(Br)c1Cl. The Balaban J connectivity index is 1.23. The van der Waals surface area contributed by atoms with E-state index in [1.54, 1.807) is 36.4 Å². The largest absolute Gasteiger partial charge is 0.322 e. The summed E-state index contributed by atoms with van der Waals surface area (Å²) in [5, 5.41) is 3.42. The van der Waals surface area contributed by atoms with Crippen LogP contribution in [-0.2, 0) is 9.59 Å².